The topological polar surface area (TPSA) is 97.6 Å². The SMILES string of the molecule is Cc1cc(Oc2ccccc2)ccc1N1C(=O)NC2c3c1ccnc3SC2C(N)=O. The maximum absolute atomic E-state index is 13.0. The van der Waals surface area contributed by atoms with Crippen LogP contribution < -0.4 is 20.7 Å². The van der Waals surface area contributed by atoms with E-state index in [1.165, 1.54) is 11.8 Å². The van der Waals surface area contributed by atoms with E-state index in [0.717, 1.165) is 22.6 Å². The number of urea groups is 1. The molecule has 3 aromatic rings. The van der Waals surface area contributed by atoms with Crippen LogP contribution in [0.5, 0.6) is 11.5 Å². The van der Waals surface area contributed by atoms with E-state index >= 15 is 0 Å². The number of thioether (sulfide) groups is 1. The molecule has 2 aromatic carbocycles. The highest BCUT2D eigenvalue weighted by Gasteiger charge is 2.46. The molecule has 5 rings (SSSR count). The number of amides is 3. The summed E-state index contributed by atoms with van der Waals surface area (Å²) in [4.78, 5) is 30.9. The van der Waals surface area contributed by atoms with Crippen molar-refractivity contribution in [2.75, 3.05) is 4.90 Å². The Morgan fingerprint density at radius 1 is 1.13 bits per heavy atom. The third-order valence-corrected chi connectivity index (χ3v) is 6.48. The van der Waals surface area contributed by atoms with Gasteiger partial charge in [0.1, 0.15) is 21.8 Å². The monoisotopic (exact) mass is 418 g/mol. The average molecular weight is 418 g/mol. The normalized spacial score (nSPS) is 19.2. The van der Waals surface area contributed by atoms with Crippen LogP contribution in [0.4, 0.5) is 16.2 Å². The van der Waals surface area contributed by atoms with Gasteiger partial charge in [0, 0.05) is 11.8 Å². The zero-order chi connectivity index (χ0) is 20.8. The van der Waals surface area contributed by atoms with Crippen LogP contribution in [0, 0.1) is 6.92 Å². The summed E-state index contributed by atoms with van der Waals surface area (Å²) in [5, 5.41) is 3.08. The van der Waals surface area contributed by atoms with Gasteiger partial charge in [0.15, 0.2) is 0 Å². The lowest BCUT2D eigenvalue weighted by Gasteiger charge is -2.34. The Hall–Kier alpha value is -3.52. The first-order chi connectivity index (χ1) is 14.5. The maximum Gasteiger partial charge on any atom is 0.327 e. The van der Waals surface area contributed by atoms with Crippen molar-refractivity contribution in [1.29, 1.82) is 0 Å². The lowest BCUT2D eigenvalue weighted by Crippen LogP contribution is -2.48. The predicted octanol–water partition coefficient (Wildman–Crippen LogP) is 4.04. The fourth-order valence-corrected chi connectivity index (χ4v) is 5.03. The minimum absolute atomic E-state index is 0.307. The third-order valence-electron chi connectivity index (χ3n) is 5.17. The number of pyridine rings is 1. The molecule has 30 heavy (non-hydrogen) atoms. The number of hydrogen-bond acceptors (Lipinski definition) is 5. The van der Waals surface area contributed by atoms with Gasteiger partial charge >= 0.3 is 6.03 Å². The van der Waals surface area contributed by atoms with Gasteiger partial charge in [0.05, 0.1) is 17.4 Å². The molecule has 1 aromatic heterocycles. The lowest BCUT2D eigenvalue weighted by molar-refractivity contribution is -0.117. The van der Waals surface area contributed by atoms with E-state index in [1.54, 1.807) is 17.2 Å². The second kappa shape index (κ2) is 7.07. The number of nitrogens with one attached hydrogen (secondary N) is 1. The van der Waals surface area contributed by atoms with Gasteiger partial charge in [-0.25, -0.2) is 9.78 Å². The average Bonchev–Trinajstić information content (AvgIpc) is 3.10. The molecule has 3 N–H and O–H groups in total. The Morgan fingerprint density at radius 3 is 2.67 bits per heavy atom. The van der Waals surface area contributed by atoms with Gasteiger partial charge in [0.2, 0.25) is 5.91 Å². The molecule has 0 saturated carbocycles. The van der Waals surface area contributed by atoms with Crippen LogP contribution in [0.15, 0.2) is 65.8 Å². The summed E-state index contributed by atoms with van der Waals surface area (Å²) in [6.45, 7) is 1.93. The second-order valence-electron chi connectivity index (χ2n) is 7.12. The highest BCUT2D eigenvalue weighted by atomic mass is 32.2. The standard InChI is InChI=1S/C22H18N4O3S/c1-12-11-14(29-13-5-3-2-4-6-13)7-8-15(12)26-16-9-10-24-21-17(16)18(25-22(26)28)19(30-21)20(23)27/h2-11,18-19H,1H3,(H2,23,27)(H,25,28). The molecule has 0 radical (unpaired) electrons. The number of para-hydroxylation sites is 1. The van der Waals surface area contributed by atoms with Crippen molar-refractivity contribution >= 4 is 35.1 Å². The quantitative estimate of drug-likeness (QED) is 0.666. The van der Waals surface area contributed by atoms with Gasteiger partial charge in [-0.2, -0.15) is 0 Å². The number of carbonyl (C=O) groups excluding carboxylic acids is 2. The van der Waals surface area contributed by atoms with Crippen molar-refractivity contribution < 1.29 is 14.3 Å². The van der Waals surface area contributed by atoms with Gasteiger partial charge < -0.3 is 15.8 Å². The molecule has 3 heterocycles. The third kappa shape index (κ3) is 2.96. The smallest absolute Gasteiger partial charge is 0.327 e. The highest BCUT2D eigenvalue weighted by Crippen LogP contribution is 2.50. The van der Waals surface area contributed by atoms with Gasteiger partial charge in [-0.05, 0) is 48.9 Å². The minimum Gasteiger partial charge on any atom is -0.457 e. The van der Waals surface area contributed by atoms with Crippen LogP contribution in [0.2, 0.25) is 0 Å². The van der Waals surface area contributed by atoms with Gasteiger partial charge in [-0.3, -0.25) is 9.69 Å². The molecule has 0 spiro atoms. The molecule has 8 heteroatoms. The molecular formula is C22H18N4O3S. The van der Waals surface area contributed by atoms with Crippen LogP contribution in [0.1, 0.15) is 17.2 Å². The van der Waals surface area contributed by atoms with Crippen molar-refractivity contribution in [2.45, 2.75) is 23.2 Å². The van der Waals surface area contributed by atoms with Crippen LogP contribution in [-0.4, -0.2) is 22.2 Å². The first kappa shape index (κ1) is 18.5. The van der Waals surface area contributed by atoms with Crippen LogP contribution in [0.3, 0.4) is 0 Å². The molecule has 2 unspecified atom stereocenters. The molecule has 2 atom stereocenters. The number of benzene rings is 2. The molecule has 3 amide bonds. The first-order valence-electron chi connectivity index (χ1n) is 9.42. The van der Waals surface area contributed by atoms with E-state index in [2.05, 4.69) is 10.3 Å². The number of aryl methyl sites for hydroxylation is 1. The number of ether oxygens (including phenoxy) is 1. The summed E-state index contributed by atoms with van der Waals surface area (Å²) < 4.78 is 5.90. The van der Waals surface area contributed by atoms with E-state index in [1.807, 2.05) is 55.5 Å². The zero-order valence-electron chi connectivity index (χ0n) is 16.0. The summed E-state index contributed by atoms with van der Waals surface area (Å²) in [6.07, 6.45) is 1.65. The van der Waals surface area contributed by atoms with Crippen molar-refractivity contribution in [2.24, 2.45) is 5.73 Å². The number of carbonyl (C=O) groups is 2. The van der Waals surface area contributed by atoms with E-state index in [0.29, 0.717) is 16.5 Å². The molecule has 7 nitrogen and oxygen atoms in total. The van der Waals surface area contributed by atoms with E-state index in [-0.39, 0.29) is 6.03 Å². The number of primary amides is 1. The van der Waals surface area contributed by atoms with Crippen LogP contribution >= 0.6 is 11.8 Å². The maximum atomic E-state index is 13.0. The summed E-state index contributed by atoms with van der Waals surface area (Å²) in [7, 11) is 0. The van der Waals surface area contributed by atoms with Gasteiger partial charge in [-0.15, -0.1) is 0 Å². The second-order valence-corrected chi connectivity index (χ2v) is 8.25. The summed E-state index contributed by atoms with van der Waals surface area (Å²) in [5.41, 5.74) is 8.69. The molecule has 0 aliphatic carbocycles. The highest BCUT2D eigenvalue weighted by molar-refractivity contribution is 8.01. The van der Waals surface area contributed by atoms with Crippen molar-refractivity contribution in [1.82, 2.24) is 10.3 Å². The summed E-state index contributed by atoms with van der Waals surface area (Å²) >= 11 is 1.29. The lowest BCUT2D eigenvalue weighted by atomic mass is 9.99. The van der Waals surface area contributed by atoms with E-state index in [9.17, 15) is 9.59 Å². The Balaban J connectivity index is 1.53. The Morgan fingerprint density at radius 2 is 1.93 bits per heavy atom. The van der Waals surface area contributed by atoms with Crippen molar-refractivity contribution in [3.05, 3.63) is 71.9 Å². The molecule has 0 bridgehead atoms. The van der Waals surface area contributed by atoms with E-state index in [4.69, 9.17) is 10.5 Å². The fourth-order valence-electron chi connectivity index (χ4n) is 3.85. The zero-order valence-corrected chi connectivity index (χ0v) is 16.8. The van der Waals surface area contributed by atoms with Crippen LogP contribution in [0.25, 0.3) is 0 Å². The van der Waals surface area contributed by atoms with E-state index < -0.39 is 17.2 Å². The van der Waals surface area contributed by atoms with Crippen molar-refractivity contribution in [3.63, 3.8) is 0 Å². The molecule has 2 aliphatic heterocycles. The molecular weight excluding hydrogens is 400 g/mol. The number of nitrogens with two attached hydrogens (primary N) is 1. The number of nitrogens with zero attached hydrogens (tertiary/aromatic N) is 2. The van der Waals surface area contributed by atoms with Gasteiger partial charge in [0.25, 0.3) is 0 Å². The first-order valence-corrected chi connectivity index (χ1v) is 10.3. The number of anilines is 2. The predicted molar refractivity (Wildman–Crippen MR) is 114 cm³/mol. The number of aromatic nitrogens is 1. The van der Waals surface area contributed by atoms with Crippen molar-refractivity contribution in [3.8, 4) is 11.5 Å². The molecule has 0 fully saturated rings. The summed E-state index contributed by atoms with van der Waals surface area (Å²) in [5.74, 6) is 0.952. The number of hydrogen-bond donors (Lipinski definition) is 2. The van der Waals surface area contributed by atoms with Crippen LogP contribution in [-0.2, 0) is 4.79 Å². The number of rotatable bonds is 4. The van der Waals surface area contributed by atoms with Gasteiger partial charge in [-0.1, -0.05) is 30.0 Å². The Kier molecular flexibility index (Phi) is 4.36. The largest absolute Gasteiger partial charge is 0.457 e. The Labute approximate surface area is 177 Å². The molecule has 2 aliphatic rings. The Bertz CT molecular complexity index is 1170. The molecule has 150 valence electrons. The fraction of sp³-hybridized carbons (Fsp3) is 0.136. The minimum atomic E-state index is -0.567. The molecule has 0 saturated heterocycles. The summed E-state index contributed by atoms with van der Waals surface area (Å²) in [6, 6.07) is 16.1.